The molecule has 0 aliphatic carbocycles. The Bertz CT molecular complexity index is 820. The van der Waals surface area contributed by atoms with Crippen molar-refractivity contribution in [2.24, 2.45) is 0 Å². The summed E-state index contributed by atoms with van der Waals surface area (Å²) in [5.74, 6) is -0.976. The largest absolute Gasteiger partial charge is 0.324 e. The predicted molar refractivity (Wildman–Crippen MR) is 90.6 cm³/mol. The third-order valence-corrected chi connectivity index (χ3v) is 5.04. The summed E-state index contributed by atoms with van der Waals surface area (Å²) in [5, 5.41) is 2.72. The number of nitrogens with one attached hydrogen (secondary N) is 2. The summed E-state index contributed by atoms with van der Waals surface area (Å²) in [6.07, 6.45) is 0.276. The van der Waals surface area contributed by atoms with Gasteiger partial charge in [0.05, 0.1) is 4.90 Å². The molecule has 1 amide bonds. The van der Waals surface area contributed by atoms with E-state index >= 15 is 0 Å². The lowest BCUT2D eigenvalue weighted by molar-refractivity contribution is -0.117. The zero-order valence-corrected chi connectivity index (χ0v) is 14.2. The third-order valence-electron chi connectivity index (χ3n) is 3.55. The molecule has 0 saturated carbocycles. The second-order valence-electron chi connectivity index (χ2n) is 5.34. The molecule has 5 nitrogen and oxygen atoms in total. The number of aryl methyl sites for hydroxylation is 1. The first kappa shape index (κ1) is 18.1. The van der Waals surface area contributed by atoms with Gasteiger partial charge in [0.15, 0.2) is 0 Å². The van der Waals surface area contributed by atoms with Crippen molar-refractivity contribution in [3.8, 4) is 0 Å². The fraction of sp³-hybridized carbons (Fsp3) is 0.235. The van der Waals surface area contributed by atoms with Crippen LogP contribution in [0.4, 0.5) is 10.1 Å². The molecule has 128 valence electrons. The van der Waals surface area contributed by atoms with E-state index in [9.17, 15) is 17.6 Å². The summed E-state index contributed by atoms with van der Waals surface area (Å²) in [5.41, 5.74) is 1.50. The lowest BCUT2D eigenvalue weighted by Gasteiger charge is -2.17. The summed E-state index contributed by atoms with van der Waals surface area (Å²) in [7, 11) is -3.91. The minimum Gasteiger partial charge on any atom is -0.324 e. The van der Waals surface area contributed by atoms with Gasteiger partial charge in [-0.05, 0) is 49.2 Å². The second-order valence-corrected chi connectivity index (χ2v) is 7.05. The van der Waals surface area contributed by atoms with Crippen molar-refractivity contribution in [3.05, 3.63) is 59.9 Å². The van der Waals surface area contributed by atoms with Crippen LogP contribution in [0.3, 0.4) is 0 Å². The summed E-state index contributed by atoms with van der Waals surface area (Å²) >= 11 is 0. The van der Waals surface area contributed by atoms with E-state index in [0.717, 1.165) is 29.8 Å². The summed E-state index contributed by atoms with van der Waals surface area (Å²) in [4.78, 5) is 12.3. The molecule has 2 N–H and O–H groups in total. The second kappa shape index (κ2) is 7.55. The van der Waals surface area contributed by atoms with E-state index in [2.05, 4.69) is 10.0 Å². The van der Waals surface area contributed by atoms with Crippen molar-refractivity contribution in [3.63, 3.8) is 0 Å². The highest BCUT2D eigenvalue weighted by atomic mass is 32.2. The average Bonchev–Trinajstić information content (AvgIpc) is 2.55. The molecule has 0 aromatic heterocycles. The number of hydrogen-bond donors (Lipinski definition) is 2. The van der Waals surface area contributed by atoms with Gasteiger partial charge in [-0.15, -0.1) is 0 Å². The van der Waals surface area contributed by atoms with Crippen molar-refractivity contribution < 1.29 is 17.6 Å². The first-order valence-electron chi connectivity index (χ1n) is 7.48. The van der Waals surface area contributed by atoms with Gasteiger partial charge in [0.25, 0.3) is 0 Å². The highest BCUT2D eigenvalue weighted by molar-refractivity contribution is 7.89. The lowest BCUT2D eigenvalue weighted by atomic mass is 10.2. The standard InChI is InChI=1S/C17H19FN2O3S/c1-3-15(17(21)19-16-7-5-4-6-12(16)2)20-24(22,23)14-10-8-13(18)9-11-14/h4-11,15,20H,3H2,1-2H3,(H,19,21). The van der Waals surface area contributed by atoms with E-state index in [1.165, 1.54) is 0 Å². The van der Waals surface area contributed by atoms with E-state index in [1.54, 1.807) is 19.1 Å². The van der Waals surface area contributed by atoms with E-state index < -0.39 is 27.8 Å². The smallest absolute Gasteiger partial charge is 0.242 e. The van der Waals surface area contributed by atoms with Crippen molar-refractivity contribution in [1.29, 1.82) is 0 Å². The van der Waals surface area contributed by atoms with E-state index in [-0.39, 0.29) is 11.3 Å². The van der Waals surface area contributed by atoms with Gasteiger partial charge in [0, 0.05) is 5.69 Å². The van der Waals surface area contributed by atoms with Crippen molar-refractivity contribution >= 4 is 21.6 Å². The molecule has 0 fully saturated rings. The zero-order chi connectivity index (χ0) is 17.7. The average molecular weight is 350 g/mol. The highest BCUT2D eigenvalue weighted by Crippen LogP contribution is 2.15. The molecular formula is C17H19FN2O3S. The third kappa shape index (κ3) is 4.39. The van der Waals surface area contributed by atoms with Gasteiger partial charge in [-0.2, -0.15) is 4.72 Å². The number of amides is 1. The minimum absolute atomic E-state index is 0.0916. The van der Waals surface area contributed by atoms with Crippen LogP contribution in [0.15, 0.2) is 53.4 Å². The van der Waals surface area contributed by atoms with E-state index in [0.29, 0.717) is 5.69 Å². The Balaban J connectivity index is 2.15. The Labute approximate surface area is 141 Å². The molecule has 2 aromatic rings. The van der Waals surface area contributed by atoms with Gasteiger partial charge in [-0.25, -0.2) is 12.8 Å². The maximum absolute atomic E-state index is 12.9. The van der Waals surface area contributed by atoms with Gasteiger partial charge in [-0.3, -0.25) is 4.79 Å². The lowest BCUT2D eigenvalue weighted by Crippen LogP contribution is -2.43. The quantitative estimate of drug-likeness (QED) is 0.841. The van der Waals surface area contributed by atoms with Crippen LogP contribution in [0.2, 0.25) is 0 Å². The summed E-state index contributed by atoms with van der Waals surface area (Å²) in [6, 6.07) is 10.7. The number of carbonyl (C=O) groups excluding carboxylic acids is 1. The molecule has 1 unspecified atom stereocenters. The summed E-state index contributed by atoms with van der Waals surface area (Å²) in [6.45, 7) is 3.55. The number of anilines is 1. The molecular weight excluding hydrogens is 331 g/mol. The SMILES string of the molecule is CCC(NS(=O)(=O)c1ccc(F)cc1)C(=O)Nc1ccccc1C. The topological polar surface area (TPSA) is 75.3 Å². The number of sulfonamides is 1. The Morgan fingerprint density at radius 3 is 2.33 bits per heavy atom. The Morgan fingerprint density at radius 1 is 1.12 bits per heavy atom. The number of para-hydroxylation sites is 1. The van der Waals surface area contributed by atoms with Gasteiger partial charge in [0.1, 0.15) is 11.9 Å². The number of hydrogen-bond acceptors (Lipinski definition) is 3. The maximum Gasteiger partial charge on any atom is 0.242 e. The van der Waals surface area contributed by atoms with Crippen LogP contribution in [0, 0.1) is 12.7 Å². The molecule has 0 bridgehead atoms. The number of benzene rings is 2. The Morgan fingerprint density at radius 2 is 1.75 bits per heavy atom. The van der Waals surface area contributed by atoms with Crippen LogP contribution in [0.5, 0.6) is 0 Å². The molecule has 0 heterocycles. The fourth-order valence-electron chi connectivity index (χ4n) is 2.12. The number of rotatable bonds is 6. The molecule has 0 aliphatic heterocycles. The molecule has 0 spiro atoms. The molecule has 0 radical (unpaired) electrons. The first-order chi connectivity index (χ1) is 11.3. The highest BCUT2D eigenvalue weighted by Gasteiger charge is 2.24. The van der Waals surface area contributed by atoms with E-state index in [1.807, 2.05) is 19.1 Å². The normalized spacial score (nSPS) is 12.6. The Kier molecular flexibility index (Phi) is 5.69. The van der Waals surface area contributed by atoms with Crippen LogP contribution in [-0.4, -0.2) is 20.4 Å². The van der Waals surface area contributed by atoms with Gasteiger partial charge in [0.2, 0.25) is 15.9 Å². The fourth-order valence-corrected chi connectivity index (χ4v) is 3.40. The number of halogens is 1. The van der Waals surface area contributed by atoms with E-state index in [4.69, 9.17) is 0 Å². The first-order valence-corrected chi connectivity index (χ1v) is 8.96. The number of carbonyl (C=O) groups is 1. The van der Waals surface area contributed by atoms with Gasteiger partial charge in [-0.1, -0.05) is 25.1 Å². The van der Waals surface area contributed by atoms with Crippen LogP contribution in [0.25, 0.3) is 0 Å². The van der Waals surface area contributed by atoms with Crippen LogP contribution in [0.1, 0.15) is 18.9 Å². The van der Waals surface area contributed by atoms with Crippen molar-refractivity contribution in [2.75, 3.05) is 5.32 Å². The van der Waals surface area contributed by atoms with Gasteiger partial charge < -0.3 is 5.32 Å². The molecule has 7 heteroatoms. The van der Waals surface area contributed by atoms with Crippen LogP contribution >= 0.6 is 0 Å². The molecule has 2 rings (SSSR count). The minimum atomic E-state index is -3.91. The zero-order valence-electron chi connectivity index (χ0n) is 13.4. The summed E-state index contributed by atoms with van der Waals surface area (Å²) < 4.78 is 39.9. The maximum atomic E-state index is 12.9. The van der Waals surface area contributed by atoms with Crippen molar-refractivity contribution in [2.45, 2.75) is 31.2 Å². The van der Waals surface area contributed by atoms with Crippen LogP contribution in [-0.2, 0) is 14.8 Å². The van der Waals surface area contributed by atoms with Crippen LogP contribution < -0.4 is 10.0 Å². The Hall–Kier alpha value is -2.25. The molecule has 0 saturated heterocycles. The van der Waals surface area contributed by atoms with Gasteiger partial charge >= 0.3 is 0 Å². The predicted octanol–water partition coefficient (Wildman–Crippen LogP) is 2.83. The monoisotopic (exact) mass is 350 g/mol. The molecule has 1 atom stereocenters. The molecule has 2 aromatic carbocycles. The molecule has 0 aliphatic rings. The molecule has 24 heavy (non-hydrogen) atoms. The van der Waals surface area contributed by atoms with Crippen molar-refractivity contribution in [1.82, 2.24) is 4.72 Å².